The van der Waals surface area contributed by atoms with Crippen molar-refractivity contribution >= 4 is 16.0 Å². The number of carbonyl (C=O) groups is 1. The van der Waals surface area contributed by atoms with Gasteiger partial charge in [-0.25, -0.2) is 12.4 Å². The molecule has 1 aliphatic heterocycles. The molecule has 1 saturated heterocycles. The van der Waals surface area contributed by atoms with E-state index in [2.05, 4.69) is 0 Å². The molecule has 0 saturated carbocycles. The number of hydrogen-bond acceptors (Lipinski definition) is 6. The summed E-state index contributed by atoms with van der Waals surface area (Å²) in [4.78, 5) is 14.1. The molecule has 26 heavy (non-hydrogen) atoms. The number of piperidine rings is 1. The van der Waals surface area contributed by atoms with E-state index in [-0.39, 0.29) is 17.9 Å². The van der Waals surface area contributed by atoms with Gasteiger partial charge in [0.15, 0.2) is 0 Å². The van der Waals surface area contributed by atoms with Crippen LogP contribution in [0, 0.1) is 0 Å². The van der Waals surface area contributed by atoms with Crippen LogP contribution in [0.3, 0.4) is 0 Å². The highest BCUT2D eigenvalue weighted by molar-refractivity contribution is 7.90. The molecule has 0 amide bonds. The zero-order valence-electron chi connectivity index (χ0n) is 14.5. The number of nitrogens with zero attached hydrogens (tertiary/aromatic N) is 2. The lowest BCUT2D eigenvalue weighted by molar-refractivity contribution is -0.150. The van der Waals surface area contributed by atoms with Gasteiger partial charge in [-0.15, -0.1) is 0 Å². The smallest absolute Gasteiger partial charge is 0.323 e. The predicted octanol–water partition coefficient (Wildman–Crippen LogP) is 1.22. The highest BCUT2D eigenvalue weighted by Gasteiger charge is 2.34. The quantitative estimate of drug-likeness (QED) is 0.787. The van der Waals surface area contributed by atoms with Crippen LogP contribution in [0.25, 0.3) is 0 Å². The molecular formula is C18H22N2O5S. The second kappa shape index (κ2) is 7.61. The van der Waals surface area contributed by atoms with Gasteiger partial charge < -0.3 is 9.84 Å². The van der Waals surface area contributed by atoms with E-state index in [4.69, 9.17) is 4.74 Å². The number of aromatic nitrogens is 1. The van der Waals surface area contributed by atoms with Crippen molar-refractivity contribution in [2.24, 2.45) is 0 Å². The fourth-order valence-corrected chi connectivity index (χ4v) is 4.62. The van der Waals surface area contributed by atoms with Crippen LogP contribution in [0.4, 0.5) is 0 Å². The van der Waals surface area contributed by atoms with Gasteiger partial charge in [-0.2, -0.15) is 0 Å². The SMILES string of the molecule is COC(=O)[C@H]1C[C@@H](O)CCN1Cc1cccn1S(=O)(=O)c1ccccc1. The van der Waals surface area contributed by atoms with Crippen LogP contribution in [0.2, 0.25) is 0 Å². The van der Waals surface area contributed by atoms with Crippen molar-refractivity contribution in [2.45, 2.75) is 36.4 Å². The minimum Gasteiger partial charge on any atom is -0.468 e. The summed E-state index contributed by atoms with van der Waals surface area (Å²) in [5, 5.41) is 9.86. The minimum absolute atomic E-state index is 0.205. The van der Waals surface area contributed by atoms with E-state index in [0.717, 1.165) is 0 Å². The Bertz CT molecular complexity index is 863. The third-order valence-corrected chi connectivity index (χ3v) is 6.36. The van der Waals surface area contributed by atoms with Gasteiger partial charge in [-0.05, 0) is 37.1 Å². The second-order valence-electron chi connectivity index (χ2n) is 6.30. The first kappa shape index (κ1) is 18.6. The molecule has 1 aliphatic rings. The molecule has 0 spiro atoms. The fraction of sp³-hybridized carbons (Fsp3) is 0.389. The highest BCUT2D eigenvalue weighted by Crippen LogP contribution is 2.23. The number of ether oxygens (including phenoxy) is 1. The summed E-state index contributed by atoms with van der Waals surface area (Å²) >= 11 is 0. The van der Waals surface area contributed by atoms with E-state index < -0.39 is 28.1 Å². The van der Waals surface area contributed by atoms with E-state index >= 15 is 0 Å². The zero-order valence-corrected chi connectivity index (χ0v) is 15.3. The molecule has 0 radical (unpaired) electrons. The standard InChI is InChI=1S/C18H22N2O5S/c1-25-18(22)17-12-15(21)9-11-19(17)13-14-6-5-10-20(14)26(23,24)16-7-3-2-4-8-16/h2-8,10,15,17,21H,9,11-13H2,1H3/t15-,17+/m0/s1. The largest absolute Gasteiger partial charge is 0.468 e. The number of hydrogen-bond donors (Lipinski definition) is 1. The maximum absolute atomic E-state index is 12.9. The normalized spacial score (nSPS) is 21.5. The van der Waals surface area contributed by atoms with Crippen molar-refractivity contribution in [2.75, 3.05) is 13.7 Å². The lowest BCUT2D eigenvalue weighted by Crippen LogP contribution is -2.48. The Balaban J connectivity index is 1.88. The summed E-state index contributed by atoms with van der Waals surface area (Å²) in [6.45, 7) is 0.753. The van der Waals surface area contributed by atoms with E-state index in [0.29, 0.717) is 18.7 Å². The first-order valence-electron chi connectivity index (χ1n) is 8.40. The topological polar surface area (TPSA) is 88.8 Å². The van der Waals surface area contributed by atoms with E-state index in [1.165, 1.54) is 17.3 Å². The van der Waals surface area contributed by atoms with Gasteiger partial charge in [0.2, 0.25) is 0 Å². The van der Waals surface area contributed by atoms with Gasteiger partial charge in [0, 0.05) is 25.0 Å². The van der Waals surface area contributed by atoms with Crippen LogP contribution >= 0.6 is 0 Å². The minimum atomic E-state index is -3.71. The summed E-state index contributed by atoms with van der Waals surface area (Å²) in [6.07, 6.45) is 1.75. The molecule has 1 fully saturated rings. The summed E-state index contributed by atoms with van der Waals surface area (Å²) in [6, 6.07) is 11.0. The second-order valence-corrected chi connectivity index (χ2v) is 8.12. The molecule has 1 aromatic carbocycles. The lowest BCUT2D eigenvalue weighted by Gasteiger charge is -2.36. The number of aliphatic hydroxyl groups is 1. The van der Waals surface area contributed by atoms with Gasteiger partial charge in [0.25, 0.3) is 10.0 Å². The number of benzene rings is 1. The van der Waals surface area contributed by atoms with E-state index in [1.54, 1.807) is 42.5 Å². The highest BCUT2D eigenvalue weighted by atomic mass is 32.2. The Labute approximate surface area is 152 Å². The molecule has 8 heteroatoms. The van der Waals surface area contributed by atoms with Crippen LogP contribution in [0.5, 0.6) is 0 Å². The maximum atomic E-state index is 12.9. The van der Waals surface area contributed by atoms with Crippen LogP contribution in [0.15, 0.2) is 53.6 Å². The van der Waals surface area contributed by atoms with Crippen molar-refractivity contribution in [3.05, 3.63) is 54.4 Å². The number of rotatable bonds is 5. The molecule has 2 aromatic rings. The van der Waals surface area contributed by atoms with Gasteiger partial charge in [-0.3, -0.25) is 9.69 Å². The summed E-state index contributed by atoms with van der Waals surface area (Å²) in [5.41, 5.74) is 0.555. The number of methoxy groups -OCH3 is 1. The molecule has 7 nitrogen and oxygen atoms in total. The van der Waals surface area contributed by atoms with Crippen molar-refractivity contribution in [3.63, 3.8) is 0 Å². The monoisotopic (exact) mass is 378 g/mol. The fourth-order valence-electron chi connectivity index (χ4n) is 3.24. The Morgan fingerprint density at radius 3 is 2.65 bits per heavy atom. The first-order valence-corrected chi connectivity index (χ1v) is 9.84. The third-order valence-electron chi connectivity index (χ3n) is 4.62. The van der Waals surface area contributed by atoms with Crippen LogP contribution < -0.4 is 0 Å². The van der Waals surface area contributed by atoms with E-state index in [9.17, 15) is 18.3 Å². The molecule has 2 heterocycles. The Morgan fingerprint density at radius 2 is 1.96 bits per heavy atom. The van der Waals surface area contributed by atoms with Gasteiger partial charge in [0.05, 0.1) is 18.1 Å². The molecule has 0 unspecified atom stereocenters. The van der Waals surface area contributed by atoms with Crippen LogP contribution in [0.1, 0.15) is 18.5 Å². The predicted molar refractivity (Wildman–Crippen MR) is 94.9 cm³/mol. The number of esters is 1. The van der Waals surface area contributed by atoms with Gasteiger partial charge >= 0.3 is 5.97 Å². The zero-order chi connectivity index (χ0) is 18.7. The summed E-state index contributed by atoms with van der Waals surface area (Å²) in [7, 11) is -2.40. The number of aliphatic hydroxyl groups excluding tert-OH is 1. The molecular weight excluding hydrogens is 356 g/mol. The van der Waals surface area contributed by atoms with Crippen molar-refractivity contribution in [1.82, 2.24) is 8.87 Å². The molecule has 1 N–H and O–H groups in total. The molecule has 0 aliphatic carbocycles. The summed E-state index contributed by atoms with van der Waals surface area (Å²) in [5.74, 6) is -0.423. The summed E-state index contributed by atoms with van der Waals surface area (Å²) < 4.78 is 31.9. The number of carbonyl (C=O) groups excluding carboxylic acids is 1. The van der Waals surface area contributed by atoms with E-state index in [1.807, 2.05) is 4.90 Å². The Hall–Kier alpha value is -2.16. The Morgan fingerprint density at radius 1 is 1.23 bits per heavy atom. The number of likely N-dealkylation sites (tertiary alicyclic amines) is 1. The van der Waals surface area contributed by atoms with Crippen molar-refractivity contribution in [1.29, 1.82) is 0 Å². The third kappa shape index (κ3) is 3.67. The van der Waals surface area contributed by atoms with Crippen molar-refractivity contribution in [3.8, 4) is 0 Å². The average molecular weight is 378 g/mol. The Kier molecular flexibility index (Phi) is 5.45. The molecule has 0 bridgehead atoms. The first-order chi connectivity index (χ1) is 12.4. The maximum Gasteiger partial charge on any atom is 0.323 e. The van der Waals surface area contributed by atoms with Crippen LogP contribution in [-0.4, -0.2) is 54.2 Å². The van der Waals surface area contributed by atoms with Gasteiger partial charge in [-0.1, -0.05) is 18.2 Å². The molecule has 140 valence electrons. The van der Waals surface area contributed by atoms with Crippen molar-refractivity contribution < 1.29 is 23.1 Å². The lowest BCUT2D eigenvalue weighted by atomic mass is 9.99. The molecule has 1 aromatic heterocycles. The molecule has 3 rings (SSSR count). The molecule has 2 atom stereocenters. The van der Waals surface area contributed by atoms with Gasteiger partial charge in [0.1, 0.15) is 6.04 Å². The van der Waals surface area contributed by atoms with Crippen LogP contribution in [-0.2, 0) is 26.1 Å². The average Bonchev–Trinajstić information content (AvgIpc) is 3.12.